The zero-order chi connectivity index (χ0) is 28.6. The number of benzene rings is 2. The molecule has 4 aliphatic rings. The minimum atomic E-state index is -1.18. The molecule has 3 aromatic rings. The van der Waals surface area contributed by atoms with E-state index in [2.05, 4.69) is 11.2 Å². The summed E-state index contributed by atoms with van der Waals surface area (Å²) in [7, 11) is 2.97. The molecule has 41 heavy (non-hydrogen) atoms. The first-order chi connectivity index (χ1) is 19.9. The molecule has 0 spiro atoms. The molecule has 7 rings (SSSR count). The minimum Gasteiger partial charge on any atom is -0.467 e. The SMILES string of the molecule is COCCOCOc1ccc(-c2cc(-c3ccc(C(=O)OC)cc3)n(C(=O)O)n2)cc1C12CC3CC(CC(C3)C1)C2. The lowest BCUT2D eigenvalue weighted by Gasteiger charge is -2.57. The maximum Gasteiger partial charge on any atom is 0.432 e. The molecule has 4 aliphatic carbocycles. The number of methoxy groups -OCH3 is 2. The van der Waals surface area contributed by atoms with Gasteiger partial charge in [0.25, 0.3) is 0 Å². The Morgan fingerprint density at radius 2 is 1.59 bits per heavy atom. The van der Waals surface area contributed by atoms with Crippen molar-refractivity contribution >= 4 is 12.1 Å². The fourth-order valence-corrected chi connectivity index (χ4v) is 7.75. The van der Waals surface area contributed by atoms with E-state index in [1.807, 2.05) is 12.1 Å². The highest BCUT2D eigenvalue weighted by molar-refractivity contribution is 5.90. The topological polar surface area (TPSA) is 109 Å². The van der Waals surface area contributed by atoms with Gasteiger partial charge in [-0.15, -0.1) is 0 Å². The summed E-state index contributed by atoms with van der Waals surface area (Å²) in [5, 5.41) is 14.5. The van der Waals surface area contributed by atoms with Crippen molar-refractivity contribution in [1.82, 2.24) is 9.78 Å². The van der Waals surface area contributed by atoms with Crippen LogP contribution in [0.1, 0.15) is 54.4 Å². The van der Waals surface area contributed by atoms with Crippen molar-refractivity contribution in [2.75, 3.05) is 34.2 Å². The van der Waals surface area contributed by atoms with E-state index in [0.29, 0.717) is 35.7 Å². The van der Waals surface area contributed by atoms with E-state index in [1.165, 1.54) is 31.9 Å². The molecule has 2 aromatic carbocycles. The van der Waals surface area contributed by atoms with Gasteiger partial charge in [-0.05, 0) is 98.1 Å². The maximum absolute atomic E-state index is 12.2. The summed E-state index contributed by atoms with van der Waals surface area (Å²) in [6, 6.07) is 14.5. The van der Waals surface area contributed by atoms with Crippen molar-refractivity contribution < 1.29 is 33.6 Å². The molecule has 1 aromatic heterocycles. The van der Waals surface area contributed by atoms with E-state index in [-0.39, 0.29) is 12.2 Å². The lowest BCUT2D eigenvalue weighted by molar-refractivity contribution is -0.0189. The van der Waals surface area contributed by atoms with Gasteiger partial charge in [0, 0.05) is 23.8 Å². The van der Waals surface area contributed by atoms with Gasteiger partial charge < -0.3 is 24.1 Å². The highest BCUT2D eigenvalue weighted by atomic mass is 16.7. The Morgan fingerprint density at radius 3 is 2.20 bits per heavy atom. The first kappa shape index (κ1) is 27.5. The van der Waals surface area contributed by atoms with Gasteiger partial charge in [-0.25, -0.2) is 9.59 Å². The van der Waals surface area contributed by atoms with Crippen LogP contribution in [-0.4, -0.2) is 61.2 Å². The van der Waals surface area contributed by atoms with Crippen molar-refractivity contribution in [3.05, 3.63) is 59.7 Å². The molecule has 0 atom stereocenters. The molecule has 0 unspecified atom stereocenters. The van der Waals surface area contributed by atoms with Gasteiger partial charge in [0.1, 0.15) is 5.75 Å². The van der Waals surface area contributed by atoms with Crippen LogP contribution in [0.2, 0.25) is 0 Å². The van der Waals surface area contributed by atoms with Gasteiger partial charge in [0.2, 0.25) is 0 Å². The number of hydrogen-bond donors (Lipinski definition) is 1. The standard InChI is InChI=1S/C32H36N2O7/c1-38-9-10-40-19-41-29-8-7-25(14-26(29)32-16-20-11-21(17-32)13-22(12-20)18-32)27-15-28(34(33-27)31(36)37)23-3-5-24(6-4-23)30(35)39-2/h3-8,14-15,20-22H,9-13,16-19H2,1-2H3,(H,36,37). The summed E-state index contributed by atoms with van der Waals surface area (Å²) in [4.78, 5) is 24.1. The van der Waals surface area contributed by atoms with Gasteiger partial charge in [-0.1, -0.05) is 12.1 Å². The Labute approximate surface area is 239 Å². The van der Waals surface area contributed by atoms with Crippen LogP contribution in [-0.2, 0) is 19.6 Å². The molecule has 0 aliphatic heterocycles. The molecule has 4 bridgehead atoms. The first-order valence-electron chi connectivity index (χ1n) is 14.3. The molecule has 1 N–H and O–H groups in total. The van der Waals surface area contributed by atoms with Crippen LogP contribution in [0.15, 0.2) is 48.5 Å². The molecule has 9 heteroatoms. The summed E-state index contributed by atoms with van der Waals surface area (Å²) in [5.41, 5.74) is 4.08. The summed E-state index contributed by atoms with van der Waals surface area (Å²) >= 11 is 0. The van der Waals surface area contributed by atoms with Crippen LogP contribution < -0.4 is 4.74 Å². The van der Waals surface area contributed by atoms with Crippen LogP contribution in [0.3, 0.4) is 0 Å². The van der Waals surface area contributed by atoms with Crippen molar-refractivity contribution in [1.29, 1.82) is 0 Å². The van der Waals surface area contributed by atoms with Gasteiger partial charge >= 0.3 is 12.1 Å². The van der Waals surface area contributed by atoms with E-state index in [4.69, 9.17) is 18.9 Å². The number of carbonyl (C=O) groups is 2. The lowest BCUT2D eigenvalue weighted by atomic mass is 9.48. The van der Waals surface area contributed by atoms with E-state index in [9.17, 15) is 14.7 Å². The molecular formula is C32H36N2O7. The van der Waals surface area contributed by atoms with Crippen molar-refractivity contribution in [2.45, 2.75) is 43.9 Å². The van der Waals surface area contributed by atoms with E-state index < -0.39 is 12.1 Å². The molecule has 9 nitrogen and oxygen atoms in total. The quantitative estimate of drug-likeness (QED) is 0.183. The smallest absolute Gasteiger partial charge is 0.432 e. The lowest BCUT2D eigenvalue weighted by Crippen LogP contribution is -2.48. The van der Waals surface area contributed by atoms with Crippen LogP contribution >= 0.6 is 0 Å². The largest absolute Gasteiger partial charge is 0.467 e. The maximum atomic E-state index is 12.2. The van der Waals surface area contributed by atoms with Crippen LogP contribution in [0.25, 0.3) is 22.5 Å². The number of carbonyl (C=O) groups excluding carboxylic acids is 1. The molecule has 0 radical (unpaired) electrons. The van der Waals surface area contributed by atoms with Gasteiger partial charge in [-0.2, -0.15) is 9.78 Å². The Morgan fingerprint density at radius 1 is 0.927 bits per heavy atom. The molecule has 1 heterocycles. The van der Waals surface area contributed by atoms with E-state index in [0.717, 1.165) is 53.0 Å². The van der Waals surface area contributed by atoms with Crippen molar-refractivity contribution in [3.8, 4) is 28.3 Å². The first-order valence-corrected chi connectivity index (χ1v) is 14.3. The molecule has 4 fully saturated rings. The normalized spacial score (nSPS) is 24.4. The number of carboxylic acid groups (broad SMARTS) is 1. The summed E-state index contributed by atoms with van der Waals surface area (Å²) in [6.45, 7) is 1.10. The summed E-state index contributed by atoms with van der Waals surface area (Å²) in [6.07, 6.45) is 6.28. The van der Waals surface area contributed by atoms with Crippen LogP contribution in [0.4, 0.5) is 4.79 Å². The third-order valence-corrected chi connectivity index (χ3v) is 9.11. The third-order valence-electron chi connectivity index (χ3n) is 9.11. The van der Waals surface area contributed by atoms with Crippen molar-refractivity contribution in [3.63, 3.8) is 0 Å². The molecule has 0 saturated heterocycles. The second-order valence-electron chi connectivity index (χ2n) is 11.8. The van der Waals surface area contributed by atoms with E-state index in [1.54, 1.807) is 37.4 Å². The number of ether oxygens (including phenoxy) is 4. The zero-order valence-electron chi connectivity index (χ0n) is 23.5. The molecule has 4 saturated carbocycles. The Balaban J connectivity index is 1.36. The summed E-state index contributed by atoms with van der Waals surface area (Å²) in [5.74, 6) is 2.63. The number of hydrogen-bond acceptors (Lipinski definition) is 7. The second-order valence-corrected chi connectivity index (χ2v) is 11.8. The average molecular weight is 561 g/mol. The third kappa shape index (κ3) is 5.36. The predicted molar refractivity (Wildman–Crippen MR) is 151 cm³/mol. The Hall–Kier alpha value is -3.69. The van der Waals surface area contributed by atoms with Gasteiger partial charge in [-0.3, -0.25) is 0 Å². The highest BCUT2D eigenvalue weighted by Gasteiger charge is 2.52. The van der Waals surface area contributed by atoms with Crippen LogP contribution in [0.5, 0.6) is 5.75 Å². The van der Waals surface area contributed by atoms with Gasteiger partial charge in [0.15, 0.2) is 6.79 Å². The Kier molecular flexibility index (Phi) is 7.57. The fourth-order valence-electron chi connectivity index (χ4n) is 7.75. The number of rotatable bonds is 10. The average Bonchev–Trinajstić information content (AvgIpc) is 3.42. The number of aromatic nitrogens is 2. The minimum absolute atomic E-state index is 0.0501. The zero-order valence-corrected chi connectivity index (χ0v) is 23.5. The van der Waals surface area contributed by atoms with Crippen molar-refractivity contribution in [2.24, 2.45) is 17.8 Å². The summed E-state index contributed by atoms with van der Waals surface area (Å²) < 4.78 is 22.7. The fraction of sp³-hybridized carbons (Fsp3) is 0.469. The molecule has 216 valence electrons. The number of esters is 1. The predicted octanol–water partition coefficient (Wildman–Crippen LogP) is 6.00. The highest BCUT2D eigenvalue weighted by Crippen LogP contribution is 2.62. The Bertz CT molecular complexity index is 1390. The molecular weight excluding hydrogens is 524 g/mol. The van der Waals surface area contributed by atoms with E-state index >= 15 is 0 Å². The van der Waals surface area contributed by atoms with Crippen LogP contribution in [0, 0.1) is 17.8 Å². The number of nitrogens with zero attached hydrogens (tertiary/aromatic N) is 2. The van der Waals surface area contributed by atoms with Gasteiger partial charge in [0.05, 0.1) is 37.3 Å². The molecule has 0 amide bonds. The monoisotopic (exact) mass is 560 g/mol. The second kappa shape index (κ2) is 11.3.